The number of nitrogens with two attached hydrogens (primary N) is 1. The highest BCUT2D eigenvalue weighted by Crippen LogP contribution is 2.26. The number of nitrogens with zero attached hydrogens (tertiary/aromatic N) is 2. The summed E-state index contributed by atoms with van der Waals surface area (Å²) in [5.41, 5.74) is 7.96. The molecule has 20 heavy (non-hydrogen) atoms. The van der Waals surface area contributed by atoms with E-state index in [4.69, 9.17) is 10.5 Å². The molecule has 2 N–H and O–H groups in total. The number of methoxy groups -OCH3 is 2. The molecule has 0 aliphatic carbocycles. The molecule has 0 radical (unpaired) electrons. The molecule has 1 aromatic carbocycles. The van der Waals surface area contributed by atoms with Crippen molar-refractivity contribution in [3.63, 3.8) is 0 Å². The lowest BCUT2D eigenvalue weighted by Crippen LogP contribution is -2.08. The Morgan fingerprint density at radius 1 is 1.30 bits per heavy atom. The number of imidazole rings is 1. The summed E-state index contributed by atoms with van der Waals surface area (Å²) in [6, 6.07) is 5.60. The van der Waals surface area contributed by atoms with Gasteiger partial charge in [-0.15, -0.1) is 0 Å². The molecule has 0 spiro atoms. The largest absolute Gasteiger partial charge is 0.497 e. The predicted molar refractivity (Wildman–Crippen MR) is 75.3 cm³/mol. The third-order valence-corrected chi connectivity index (χ3v) is 3.10. The van der Waals surface area contributed by atoms with Crippen LogP contribution in [0.3, 0.4) is 0 Å². The number of nitrogen functional groups attached to an aromatic ring is 1. The maximum absolute atomic E-state index is 11.6. The van der Waals surface area contributed by atoms with Crippen LogP contribution < -0.4 is 10.5 Å². The van der Waals surface area contributed by atoms with Crippen LogP contribution in [0.15, 0.2) is 18.2 Å². The van der Waals surface area contributed by atoms with Gasteiger partial charge in [0.25, 0.3) is 0 Å². The second-order valence-corrected chi connectivity index (χ2v) is 4.37. The number of carbonyl (C=O) groups excluding carboxylic acids is 1. The average molecular weight is 275 g/mol. The molecule has 0 saturated heterocycles. The number of esters is 1. The summed E-state index contributed by atoms with van der Waals surface area (Å²) in [4.78, 5) is 15.8. The zero-order valence-electron chi connectivity index (χ0n) is 11.9. The molecular formula is C14H17N3O3. The molecule has 1 heterocycles. The van der Waals surface area contributed by atoms with Crippen molar-refractivity contribution in [2.45, 2.75) is 13.8 Å². The first-order chi connectivity index (χ1) is 9.49. The van der Waals surface area contributed by atoms with Crippen LogP contribution in [0.2, 0.25) is 0 Å². The molecule has 0 saturated carbocycles. The van der Waals surface area contributed by atoms with Gasteiger partial charge in [-0.25, -0.2) is 9.78 Å². The van der Waals surface area contributed by atoms with Crippen molar-refractivity contribution < 1.29 is 14.3 Å². The first kappa shape index (κ1) is 13.9. The van der Waals surface area contributed by atoms with E-state index < -0.39 is 5.97 Å². The minimum Gasteiger partial charge on any atom is -0.497 e. The Bertz CT molecular complexity index is 662. The summed E-state index contributed by atoms with van der Waals surface area (Å²) in [5.74, 6) is 1.10. The van der Waals surface area contributed by atoms with Crippen LogP contribution >= 0.6 is 0 Å². The van der Waals surface area contributed by atoms with Gasteiger partial charge in [-0.05, 0) is 37.6 Å². The molecule has 106 valence electrons. The van der Waals surface area contributed by atoms with Crippen LogP contribution in [0.25, 0.3) is 5.69 Å². The fourth-order valence-electron chi connectivity index (χ4n) is 2.11. The van der Waals surface area contributed by atoms with Crippen molar-refractivity contribution in [1.29, 1.82) is 0 Å². The van der Waals surface area contributed by atoms with Crippen LogP contribution in [-0.4, -0.2) is 29.7 Å². The summed E-state index contributed by atoms with van der Waals surface area (Å²) in [6.45, 7) is 3.72. The summed E-state index contributed by atoms with van der Waals surface area (Å²) in [7, 11) is 2.91. The van der Waals surface area contributed by atoms with E-state index in [1.54, 1.807) is 18.6 Å². The molecule has 1 aromatic heterocycles. The van der Waals surface area contributed by atoms with Gasteiger partial charge in [-0.1, -0.05) is 0 Å². The monoisotopic (exact) mass is 275 g/mol. The zero-order chi connectivity index (χ0) is 14.9. The molecule has 0 atom stereocenters. The van der Waals surface area contributed by atoms with Crippen molar-refractivity contribution >= 4 is 11.8 Å². The Kier molecular flexibility index (Phi) is 3.65. The molecule has 0 fully saturated rings. The fraction of sp³-hybridized carbons (Fsp3) is 0.286. The van der Waals surface area contributed by atoms with E-state index in [1.807, 2.05) is 25.1 Å². The fourth-order valence-corrected chi connectivity index (χ4v) is 2.11. The molecule has 0 aliphatic heterocycles. The minimum absolute atomic E-state index is 0.125. The van der Waals surface area contributed by atoms with Crippen molar-refractivity contribution in [3.05, 3.63) is 35.3 Å². The lowest BCUT2D eigenvalue weighted by atomic mass is 10.2. The zero-order valence-corrected chi connectivity index (χ0v) is 11.9. The average Bonchev–Trinajstić information content (AvgIpc) is 2.73. The number of carbonyl (C=O) groups is 1. The van der Waals surface area contributed by atoms with E-state index in [2.05, 4.69) is 9.72 Å². The second kappa shape index (κ2) is 5.24. The predicted octanol–water partition coefficient (Wildman–Crippen LogP) is 1.87. The second-order valence-electron chi connectivity index (χ2n) is 4.37. The topological polar surface area (TPSA) is 79.4 Å². The smallest absolute Gasteiger partial charge is 0.360 e. The van der Waals surface area contributed by atoms with Crippen molar-refractivity contribution in [2.24, 2.45) is 0 Å². The first-order valence-corrected chi connectivity index (χ1v) is 6.07. The number of rotatable bonds is 3. The summed E-state index contributed by atoms with van der Waals surface area (Å²) >= 11 is 0. The molecule has 6 heteroatoms. The molecule has 0 bridgehead atoms. The number of hydrogen-bond acceptors (Lipinski definition) is 5. The molecule has 0 amide bonds. The highest BCUT2D eigenvalue weighted by atomic mass is 16.5. The maximum Gasteiger partial charge on any atom is 0.360 e. The van der Waals surface area contributed by atoms with Gasteiger partial charge in [0.15, 0.2) is 5.69 Å². The highest BCUT2D eigenvalue weighted by Gasteiger charge is 2.20. The van der Waals surface area contributed by atoms with Gasteiger partial charge in [-0.3, -0.25) is 4.57 Å². The molecular weight excluding hydrogens is 258 g/mol. The number of hydrogen-bond donors (Lipinski definition) is 1. The normalized spacial score (nSPS) is 10.4. The standard InChI is InChI=1S/C14H17N3O3/c1-8-7-10(19-3)5-6-11(8)17-9(2)16-12(13(17)15)14(18)20-4/h5-7H,15H2,1-4H3. The van der Waals surface area contributed by atoms with E-state index in [0.717, 1.165) is 17.0 Å². The lowest BCUT2D eigenvalue weighted by Gasteiger charge is -2.12. The number of ether oxygens (including phenoxy) is 2. The molecule has 0 unspecified atom stereocenters. The van der Waals surface area contributed by atoms with E-state index in [1.165, 1.54) is 7.11 Å². The minimum atomic E-state index is -0.546. The van der Waals surface area contributed by atoms with E-state index in [9.17, 15) is 4.79 Å². The lowest BCUT2D eigenvalue weighted by molar-refractivity contribution is 0.0596. The quantitative estimate of drug-likeness (QED) is 0.865. The summed E-state index contributed by atoms with van der Waals surface area (Å²) in [5, 5.41) is 0. The van der Waals surface area contributed by atoms with Crippen LogP contribution in [0.1, 0.15) is 21.9 Å². The Hall–Kier alpha value is -2.50. The molecule has 6 nitrogen and oxygen atoms in total. The number of aryl methyl sites for hydroxylation is 2. The van der Waals surface area contributed by atoms with Crippen molar-refractivity contribution in [2.75, 3.05) is 20.0 Å². The van der Waals surface area contributed by atoms with Crippen LogP contribution in [0.5, 0.6) is 5.75 Å². The Morgan fingerprint density at radius 2 is 2.00 bits per heavy atom. The SMILES string of the molecule is COC(=O)c1nc(C)n(-c2ccc(OC)cc2C)c1N. The maximum atomic E-state index is 11.6. The van der Waals surface area contributed by atoms with E-state index in [-0.39, 0.29) is 11.5 Å². The van der Waals surface area contributed by atoms with Gasteiger partial charge >= 0.3 is 5.97 Å². The third-order valence-electron chi connectivity index (χ3n) is 3.10. The first-order valence-electron chi connectivity index (χ1n) is 6.07. The van der Waals surface area contributed by atoms with Gasteiger partial charge < -0.3 is 15.2 Å². The number of benzene rings is 1. The highest BCUT2D eigenvalue weighted by molar-refractivity contribution is 5.92. The summed E-state index contributed by atoms with van der Waals surface area (Å²) in [6.07, 6.45) is 0. The van der Waals surface area contributed by atoms with Gasteiger partial charge in [0.2, 0.25) is 0 Å². The summed E-state index contributed by atoms with van der Waals surface area (Å²) < 4.78 is 11.6. The van der Waals surface area contributed by atoms with Gasteiger partial charge in [-0.2, -0.15) is 0 Å². The van der Waals surface area contributed by atoms with Gasteiger partial charge in [0.1, 0.15) is 17.4 Å². The Labute approximate surface area is 117 Å². The number of anilines is 1. The van der Waals surface area contributed by atoms with Crippen molar-refractivity contribution in [3.8, 4) is 11.4 Å². The Balaban J connectivity index is 2.59. The molecule has 2 rings (SSSR count). The number of aromatic nitrogens is 2. The van der Waals surface area contributed by atoms with Gasteiger partial charge in [0.05, 0.1) is 19.9 Å². The van der Waals surface area contributed by atoms with Crippen molar-refractivity contribution in [1.82, 2.24) is 9.55 Å². The van der Waals surface area contributed by atoms with Gasteiger partial charge in [0, 0.05) is 0 Å². The van der Waals surface area contributed by atoms with Crippen LogP contribution in [0, 0.1) is 13.8 Å². The third kappa shape index (κ3) is 2.20. The van der Waals surface area contributed by atoms with Crippen LogP contribution in [-0.2, 0) is 4.74 Å². The van der Waals surface area contributed by atoms with E-state index in [0.29, 0.717) is 5.82 Å². The molecule has 2 aromatic rings. The Morgan fingerprint density at radius 3 is 2.55 bits per heavy atom. The molecule has 0 aliphatic rings. The van der Waals surface area contributed by atoms with Crippen LogP contribution in [0.4, 0.5) is 5.82 Å². The van der Waals surface area contributed by atoms with E-state index >= 15 is 0 Å².